The van der Waals surface area contributed by atoms with E-state index in [4.69, 9.17) is 9.47 Å². The number of benzene rings is 2. The molecule has 7 heteroatoms. The maximum absolute atomic E-state index is 12.2. The zero-order valence-electron chi connectivity index (χ0n) is 18.9. The summed E-state index contributed by atoms with van der Waals surface area (Å²) in [4.78, 5) is 24.1. The van der Waals surface area contributed by atoms with Crippen molar-refractivity contribution in [2.75, 3.05) is 19.8 Å². The lowest BCUT2D eigenvalue weighted by atomic mass is 9.87. The van der Waals surface area contributed by atoms with Crippen LogP contribution in [0.3, 0.4) is 0 Å². The Labute approximate surface area is 189 Å². The summed E-state index contributed by atoms with van der Waals surface area (Å²) in [6, 6.07) is 14.6. The zero-order valence-corrected chi connectivity index (χ0v) is 18.9. The van der Waals surface area contributed by atoms with Crippen molar-refractivity contribution in [3.63, 3.8) is 0 Å². The fourth-order valence-electron chi connectivity index (χ4n) is 3.23. The van der Waals surface area contributed by atoms with Gasteiger partial charge in [-0.2, -0.15) is 5.10 Å². The number of hydrazone groups is 1. The summed E-state index contributed by atoms with van der Waals surface area (Å²) < 4.78 is 11.0. The largest absolute Gasteiger partial charge is 0.484 e. The van der Waals surface area contributed by atoms with Crippen LogP contribution in [-0.4, -0.2) is 43.9 Å². The van der Waals surface area contributed by atoms with Crippen LogP contribution in [0.15, 0.2) is 53.6 Å². The van der Waals surface area contributed by atoms with Crippen molar-refractivity contribution >= 4 is 18.0 Å². The van der Waals surface area contributed by atoms with Crippen molar-refractivity contribution in [3.05, 3.63) is 65.2 Å². The van der Waals surface area contributed by atoms with Crippen molar-refractivity contribution in [2.45, 2.75) is 45.1 Å². The Morgan fingerprint density at radius 1 is 1.12 bits per heavy atom. The molecular formula is C25H31N3O4. The number of nitrogens with one attached hydrogen (secondary N) is 2. The maximum atomic E-state index is 12.2. The first-order valence-electron chi connectivity index (χ1n) is 10.9. The van der Waals surface area contributed by atoms with Gasteiger partial charge in [-0.3, -0.25) is 9.59 Å². The molecule has 0 spiro atoms. The molecule has 0 saturated carbocycles. The number of ether oxygens (including phenoxy) is 2. The highest BCUT2D eigenvalue weighted by molar-refractivity contribution is 5.94. The molecule has 2 N–H and O–H groups in total. The van der Waals surface area contributed by atoms with Gasteiger partial charge >= 0.3 is 0 Å². The lowest BCUT2D eigenvalue weighted by Crippen LogP contribution is -2.35. The normalized spacial score (nSPS) is 16.2. The van der Waals surface area contributed by atoms with Gasteiger partial charge in [-0.1, -0.05) is 32.9 Å². The molecule has 2 aromatic carbocycles. The molecular weight excluding hydrogens is 406 g/mol. The Morgan fingerprint density at radius 2 is 1.84 bits per heavy atom. The van der Waals surface area contributed by atoms with Crippen LogP contribution in [0.25, 0.3) is 0 Å². The Balaban J connectivity index is 1.41. The van der Waals surface area contributed by atoms with E-state index in [9.17, 15) is 9.59 Å². The van der Waals surface area contributed by atoms with E-state index in [0.717, 1.165) is 25.0 Å². The lowest BCUT2D eigenvalue weighted by molar-refractivity contribution is -0.123. The molecule has 0 aliphatic carbocycles. The van der Waals surface area contributed by atoms with Gasteiger partial charge in [0.2, 0.25) is 0 Å². The second-order valence-electron chi connectivity index (χ2n) is 8.82. The third kappa shape index (κ3) is 7.20. The summed E-state index contributed by atoms with van der Waals surface area (Å²) in [7, 11) is 0. The Hall–Kier alpha value is -3.19. The van der Waals surface area contributed by atoms with E-state index in [2.05, 4.69) is 36.6 Å². The summed E-state index contributed by atoms with van der Waals surface area (Å²) in [5.41, 5.74) is 5.09. The summed E-state index contributed by atoms with van der Waals surface area (Å²) in [5, 5.41) is 6.83. The molecule has 0 bridgehead atoms. The fraction of sp³-hybridized carbons (Fsp3) is 0.400. The highest BCUT2D eigenvalue weighted by Crippen LogP contribution is 2.22. The second-order valence-corrected chi connectivity index (χ2v) is 8.82. The van der Waals surface area contributed by atoms with Crippen LogP contribution in [0.4, 0.5) is 0 Å². The van der Waals surface area contributed by atoms with Gasteiger partial charge in [-0.05, 0) is 65.8 Å². The first kappa shape index (κ1) is 23.5. The number of hydrogen-bond donors (Lipinski definition) is 2. The van der Waals surface area contributed by atoms with Crippen LogP contribution in [0.1, 0.15) is 55.1 Å². The highest BCUT2D eigenvalue weighted by atomic mass is 16.5. The molecule has 3 rings (SSSR count). The van der Waals surface area contributed by atoms with E-state index in [-0.39, 0.29) is 29.9 Å². The average Bonchev–Trinajstić information content (AvgIpc) is 3.30. The number of rotatable bonds is 8. The van der Waals surface area contributed by atoms with Crippen LogP contribution < -0.4 is 15.5 Å². The SMILES string of the molecule is CC(C)(C)c1ccc(C(=O)N/N=C\c2ccc(OCC(=O)NC[C@H]3CCCO3)cc2)cc1. The number of amides is 2. The first-order chi connectivity index (χ1) is 15.3. The molecule has 2 amide bonds. The minimum Gasteiger partial charge on any atom is -0.484 e. The standard InChI is InChI=1S/C25H31N3O4/c1-25(2,3)20-10-8-19(9-11-20)24(30)28-27-15-18-6-12-21(13-7-18)32-17-23(29)26-16-22-5-4-14-31-22/h6-13,15,22H,4-5,14,16-17H2,1-3H3,(H,26,29)(H,28,30)/b27-15-/t22-/m1/s1. The van der Waals surface area contributed by atoms with Crippen LogP contribution in [0, 0.1) is 0 Å². The molecule has 1 heterocycles. The van der Waals surface area contributed by atoms with Crippen LogP contribution in [0.5, 0.6) is 5.75 Å². The Morgan fingerprint density at radius 3 is 2.47 bits per heavy atom. The Bertz CT molecular complexity index is 925. The minimum absolute atomic E-state index is 0.0389. The van der Waals surface area contributed by atoms with Crippen molar-refractivity contribution in [1.82, 2.24) is 10.7 Å². The van der Waals surface area contributed by atoms with E-state index >= 15 is 0 Å². The van der Waals surface area contributed by atoms with Gasteiger partial charge in [0.1, 0.15) is 5.75 Å². The summed E-state index contributed by atoms with van der Waals surface area (Å²) in [6.07, 6.45) is 3.69. The molecule has 1 atom stereocenters. The lowest BCUT2D eigenvalue weighted by Gasteiger charge is -2.18. The second kappa shape index (κ2) is 10.9. The van der Waals surface area contributed by atoms with E-state index in [1.165, 1.54) is 5.56 Å². The van der Waals surface area contributed by atoms with Gasteiger partial charge in [0.15, 0.2) is 6.61 Å². The summed E-state index contributed by atoms with van der Waals surface area (Å²) in [6.45, 7) is 7.62. The van der Waals surface area contributed by atoms with E-state index < -0.39 is 0 Å². The number of hydrogen-bond acceptors (Lipinski definition) is 5. The molecule has 7 nitrogen and oxygen atoms in total. The molecule has 0 aromatic heterocycles. The van der Waals surface area contributed by atoms with Crippen molar-refractivity contribution < 1.29 is 19.1 Å². The van der Waals surface area contributed by atoms with E-state index in [0.29, 0.717) is 17.9 Å². The van der Waals surface area contributed by atoms with Crippen molar-refractivity contribution in [2.24, 2.45) is 5.10 Å². The first-order valence-corrected chi connectivity index (χ1v) is 10.9. The van der Waals surface area contributed by atoms with Crippen LogP contribution in [0.2, 0.25) is 0 Å². The third-order valence-corrected chi connectivity index (χ3v) is 5.19. The molecule has 0 unspecified atom stereocenters. The number of carbonyl (C=O) groups is 2. The molecule has 1 aliphatic heterocycles. The predicted octanol–water partition coefficient (Wildman–Crippen LogP) is 3.42. The topological polar surface area (TPSA) is 89.0 Å². The minimum atomic E-state index is -0.268. The van der Waals surface area contributed by atoms with Gasteiger partial charge in [0, 0.05) is 18.7 Å². The maximum Gasteiger partial charge on any atom is 0.271 e. The zero-order chi connectivity index (χ0) is 23.0. The van der Waals surface area contributed by atoms with Crippen LogP contribution >= 0.6 is 0 Å². The molecule has 1 aliphatic rings. The quantitative estimate of drug-likeness (QED) is 0.489. The van der Waals surface area contributed by atoms with Gasteiger partial charge in [-0.25, -0.2) is 5.43 Å². The van der Waals surface area contributed by atoms with Gasteiger partial charge in [-0.15, -0.1) is 0 Å². The van der Waals surface area contributed by atoms with Crippen molar-refractivity contribution in [1.29, 1.82) is 0 Å². The molecule has 0 radical (unpaired) electrons. The monoisotopic (exact) mass is 437 g/mol. The molecule has 1 saturated heterocycles. The Kier molecular flexibility index (Phi) is 8.00. The molecule has 32 heavy (non-hydrogen) atoms. The predicted molar refractivity (Wildman–Crippen MR) is 124 cm³/mol. The van der Waals surface area contributed by atoms with Crippen molar-refractivity contribution in [3.8, 4) is 5.75 Å². The van der Waals surface area contributed by atoms with Crippen LogP contribution in [-0.2, 0) is 14.9 Å². The van der Waals surface area contributed by atoms with E-state index in [1.807, 2.05) is 12.1 Å². The molecule has 170 valence electrons. The molecule has 1 fully saturated rings. The highest BCUT2D eigenvalue weighted by Gasteiger charge is 2.16. The van der Waals surface area contributed by atoms with Gasteiger partial charge in [0.25, 0.3) is 11.8 Å². The van der Waals surface area contributed by atoms with Gasteiger partial charge in [0.05, 0.1) is 12.3 Å². The molecule has 2 aromatic rings. The smallest absolute Gasteiger partial charge is 0.271 e. The van der Waals surface area contributed by atoms with E-state index in [1.54, 1.807) is 42.6 Å². The summed E-state index contributed by atoms with van der Waals surface area (Å²) in [5.74, 6) is 0.137. The van der Waals surface area contributed by atoms with Gasteiger partial charge < -0.3 is 14.8 Å². The summed E-state index contributed by atoms with van der Waals surface area (Å²) >= 11 is 0. The average molecular weight is 438 g/mol. The number of nitrogens with zero attached hydrogens (tertiary/aromatic N) is 1. The fourth-order valence-corrected chi connectivity index (χ4v) is 3.23. The number of carbonyl (C=O) groups excluding carboxylic acids is 2. The third-order valence-electron chi connectivity index (χ3n) is 5.19.